The van der Waals surface area contributed by atoms with Crippen LogP contribution in [0, 0.1) is 0 Å². The van der Waals surface area contributed by atoms with Gasteiger partial charge < -0.3 is 36.4 Å². The van der Waals surface area contributed by atoms with Gasteiger partial charge in [0.05, 0.1) is 22.8 Å². The summed E-state index contributed by atoms with van der Waals surface area (Å²) in [6, 6.07) is 50.0. The summed E-state index contributed by atoms with van der Waals surface area (Å²) in [6.07, 6.45) is 9.69. The molecule has 384 valence electrons. The van der Waals surface area contributed by atoms with Crippen LogP contribution in [-0.4, -0.2) is 97.5 Å². The molecule has 0 saturated carbocycles. The van der Waals surface area contributed by atoms with Gasteiger partial charge in [0.25, 0.3) is 17.7 Å². The summed E-state index contributed by atoms with van der Waals surface area (Å²) < 4.78 is 5.24. The highest BCUT2D eigenvalue weighted by Gasteiger charge is 2.14. The van der Waals surface area contributed by atoms with E-state index < -0.39 is 0 Å². The molecule has 0 bridgehead atoms. The molecule has 0 unspecified atom stereocenters. The van der Waals surface area contributed by atoms with Gasteiger partial charge in [0.2, 0.25) is 0 Å². The lowest BCUT2D eigenvalue weighted by atomic mass is 10.1. The monoisotopic (exact) mass is 1010 g/mol. The summed E-state index contributed by atoms with van der Waals surface area (Å²) in [4.78, 5) is 48.9. The van der Waals surface area contributed by atoms with E-state index in [0.29, 0.717) is 42.5 Å². The number of amides is 3. The average molecular weight is 1010 g/mol. The lowest BCUT2D eigenvalue weighted by Crippen LogP contribution is -2.27. The van der Waals surface area contributed by atoms with Gasteiger partial charge in [0.15, 0.2) is 11.5 Å². The summed E-state index contributed by atoms with van der Waals surface area (Å²) in [5, 5.41) is 36.4. The minimum atomic E-state index is -0.226. The molecular weight excluding hydrogens is 945 g/mol. The van der Waals surface area contributed by atoms with E-state index in [0.717, 1.165) is 104 Å². The maximum absolute atomic E-state index is 12.1. The molecule has 3 amide bonds. The second kappa shape index (κ2) is 30.8. The van der Waals surface area contributed by atoms with Crippen LogP contribution in [0.5, 0.6) is 0 Å². The molecule has 0 aliphatic heterocycles. The summed E-state index contributed by atoms with van der Waals surface area (Å²) in [6.45, 7) is 6.46. The lowest BCUT2D eigenvalue weighted by molar-refractivity contribution is 0.0937. The highest BCUT2D eigenvalue weighted by atomic mass is 16.5. The molecular formula is C57H62N14O4. The number of nitrogens with one attached hydrogen (secondary N) is 8. The molecule has 0 atom stereocenters. The van der Waals surface area contributed by atoms with Gasteiger partial charge in [-0.05, 0) is 86.9 Å². The number of nitrogens with zero attached hydrogens (tertiary/aromatic N) is 6. The average Bonchev–Trinajstić information content (AvgIpc) is 4.29. The maximum Gasteiger partial charge on any atom is 0.273 e. The number of aromatic nitrogens is 8. The van der Waals surface area contributed by atoms with Crippen molar-refractivity contribution in [1.82, 2.24) is 72.4 Å². The van der Waals surface area contributed by atoms with Crippen LogP contribution in [-0.2, 0) is 19.6 Å². The minimum Gasteiger partial charge on any atom is -0.355 e. The smallest absolute Gasteiger partial charge is 0.273 e. The van der Waals surface area contributed by atoms with Crippen molar-refractivity contribution in [1.29, 1.82) is 0 Å². The third-order valence-electron chi connectivity index (χ3n) is 11.1. The van der Waals surface area contributed by atoms with Crippen LogP contribution in [0.25, 0.3) is 33.8 Å². The highest BCUT2D eigenvalue weighted by Crippen LogP contribution is 2.20. The van der Waals surface area contributed by atoms with Crippen LogP contribution in [0.2, 0.25) is 0 Å². The fourth-order valence-corrected chi connectivity index (χ4v) is 7.21. The summed E-state index contributed by atoms with van der Waals surface area (Å²) >= 11 is 0. The zero-order valence-corrected chi connectivity index (χ0v) is 41.6. The van der Waals surface area contributed by atoms with Crippen LogP contribution in [0.4, 0.5) is 0 Å². The molecule has 0 saturated heterocycles. The standard InChI is InChI=1S/2C19H21N5O.C19H20N4O2/c25-19(18-12-17(23-24-18)16-7-2-1-3-8-16)22-11-5-10-21-14-15-6-4-9-20-13-15;25-19(18-13-17(23-24-18)15-7-2-1-3-8-15)22-12-6-10-20-14-16-9-4-5-11-21-16;24-19(17-13-18(25-23-17)15-7-2-1-3-8-15)22-12-6-10-20-14-16-9-4-5-11-21-16/h1-4,6-9,12-13,21H,5,10-11,14H2,(H,22,25)(H,23,24);1-5,7-9,11,13,20H,6,10,12,14H2,(H,22,25)(H,23,24);1-5,7-9,11,13,20H,6,10,12,14H2,(H,22,24). The molecule has 18 heteroatoms. The first-order chi connectivity index (χ1) is 37.0. The Kier molecular flexibility index (Phi) is 22.1. The molecule has 9 aromatic rings. The van der Waals surface area contributed by atoms with E-state index in [9.17, 15) is 14.4 Å². The van der Waals surface area contributed by atoms with Crippen molar-refractivity contribution in [3.05, 3.63) is 217 Å². The van der Waals surface area contributed by atoms with Crippen LogP contribution in [0.3, 0.4) is 0 Å². The second-order valence-electron chi connectivity index (χ2n) is 16.9. The van der Waals surface area contributed by atoms with Crippen molar-refractivity contribution in [3.8, 4) is 33.8 Å². The van der Waals surface area contributed by atoms with Gasteiger partial charge in [-0.1, -0.05) is 114 Å². The van der Waals surface area contributed by atoms with E-state index >= 15 is 0 Å². The Hall–Kier alpha value is -8.97. The molecule has 0 aliphatic rings. The van der Waals surface area contributed by atoms with Crippen LogP contribution >= 0.6 is 0 Å². The summed E-state index contributed by atoms with van der Waals surface area (Å²) in [7, 11) is 0. The number of pyridine rings is 3. The van der Waals surface area contributed by atoms with E-state index in [4.69, 9.17) is 4.52 Å². The van der Waals surface area contributed by atoms with Gasteiger partial charge in [0.1, 0.15) is 11.4 Å². The topological polar surface area (TPSA) is 245 Å². The van der Waals surface area contributed by atoms with Crippen molar-refractivity contribution in [2.75, 3.05) is 39.3 Å². The van der Waals surface area contributed by atoms with E-state index in [1.807, 2.05) is 146 Å². The van der Waals surface area contributed by atoms with E-state index in [2.05, 4.69) is 72.4 Å². The van der Waals surface area contributed by atoms with E-state index in [-0.39, 0.29) is 17.7 Å². The van der Waals surface area contributed by atoms with Crippen molar-refractivity contribution >= 4 is 17.7 Å². The van der Waals surface area contributed by atoms with Gasteiger partial charge in [-0.15, -0.1) is 0 Å². The Morgan fingerprint density at radius 3 is 1.39 bits per heavy atom. The number of H-pyrrole nitrogens is 2. The number of aromatic amines is 2. The summed E-state index contributed by atoms with van der Waals surface area (Å²) in [5.41, 5.74) is 8.80. The minimum absolute atomic E-state index is 0.137. The third kappa shape index (κ3) is 18.9. The lowest BCUT2D eigenvalue weighted by Gasteiger charge is -2.05. The number of carbonyl (C=O) groups is 3. The first kappa shape index (κ1) is 53.8. The molecule has 0 aliphatic carbocycles. The third-order valence-corrected chi connectivity index (χ3v) is 11.1. The van der Waals surface area contributed by atoms with Crippen LogP contribution in [0.15, 0.2) is 187 Å². The number of benzene rings is 3. The Balaban J connectivity index is 0.000000164. The fraction of sp³-hybridized carbons (Fsp3) is 0.211. The van der Waals surface area contributed by atoms with Gasteiger partial charge in [-0.3, -0.25) is 39.5 Å². The van der Waals surface area contributed by atoms with Gasteiger partial charge in [-0.2, -0.15) is 10.2 Å². The quantitative estimate of drug-likeness (QED) is 0.0275. The fourth-order valence-electron chi connectivity index (χ4n) is 7.21. The predicted octanol–water partition coefficient (Wildman–Crippen LogP) is 7.41. The van der Waals surface area contributed by atoms with Crippen LogP contribution < -0.4 is 31.9 Å². The molecule has 6 aromatic heterocycles. The summed E-state index contributed by atoms with van der Waals surface area (Å²) in [5.74, 6) is 0.0831. The second-order valence-corrected chi connectivity index (χ2v) is 16.9. The van der Waals surface area contributed by atoms with Gasteiger partial charge in [-0.25, -0.2) is 0 Å². The van der Waals surface area contributed by atoms with Crippen LogP contribution in [0.1, 0.15) is 67.7 Å². The Bertz CT molecular complexity index is 2690. The molecule has 6 heterocycles. The van der Waals surface area contributed by atoms with Crippen molar-refractivity contribution in [2.24, 2.45) is 0 Å². The van der Waals surface area contributed by atoms with Crippen molar-refractivity contribution in [3.63, 3.8) is 0 Å². The van der Waals surface area contributed by atoms with Crippen molar-refractivity contribution in [2.45, 2.75) is 38.9 Å². The zero-order chi connectivity index (χ0) is 52.0. The molecule has 3 aromatic carbocycles. The van der Waals surface area contributed by atoms with Crippen molar-refractivity contribution < 1.29 is 18.9 Å². The highest BCUT2D eigenvalue weighted by molar-refractivity contribution is 5.94. The van der Waals surface area contributed by atoms with Gasteiger partial charge >= 0.3 is 0 Å². The zero-order valence-electron chi connectivity index (χ0n) is 41.6. The maximum atomic E-state index is 12.1. The Morgan fingerprint density at radius 2 is 0.920 bits per heavy atom. The van der Waals surface area contributed by atoms with E-state index in [1.54, 1.807) is 36.8 Å². The number of hydrogen-bond acceptors (Lipinski definition) is 13. The Labute approximate surface area is 436 Å². The molecule has 0 spiro atoms. The molecule has 8 N–H and O–H groups in total. The number of hydrogen-bond donors (Lipinski definition) is 8. The number of rotatable bonds is 24. The first-order valence-electron chi connectivity index (χ1n) is 24.9. The number of carbonyl (C=O) groups excluding carboxylic acids is 3. The van der Waals surface area contributed by atoms with E-state index in [1.165, 1.54) is 0 Å². The normalized spacial score (nSPS) is 10.6. The molecule has 18 nitrogen and oxygen atoms in total. The SMILES string of the molecule is O=C(NCCCNCc1ccccn1)c1cc(-c2ccccc2)n[nH]1.O=C(NCCCNCc1ccccn1)c1cc(-c2ccccc2)on1.O=C(NCCCNCc1cccnc1)c1cc(-c2ccccc2)n[nH]1. The van der Waals surface area contributed by atoms with Gasteiger partial charge in [0, 0.05) is 86.8 Å². The molecule has 0 fully saturated rings. The predicted molar refractivity (Wildman–Crippen MR) is 289 cm³/mol. The largest absolute Gasteiger partial charge is 0.355 e. The molecule has 0 radical (unpaired) electrons. The molecule has 75 heavy (non-hydrogen) atoms. The Morgan fingerprint density at radius 1 is 0.453 bits per heavy atom. The molecule has 9 rings (SSSR count). The first-order valence-corrected chi connectivity index (χ1v) is 24.9.